The molecule has 0 spiro atoms. The Labute approximate surface area is 96.3 Å². The van der Waals surface area contributed by atoms with Crippen molar-refractivity contribution < 1.29 is 8.78 Å². The highest BCUT2D eigenvalue weighted by Crippen LogP contribution is 2.22. The summed E-state index contributed by atoms with van der Waals surface area (Å²) in [6, 6.07) is 3.71. The van der Waals surface area contributed by atoms with Gasteiger partial charge >= 0.3 is 0 Å². The predicted octanol–water partition coefficient (Wildman–Crippen LogP) is 1.37. The zero-order valence-electron chi connectivity index (χ0n) is 8.90. The Morgan fingerprint density at radius 2 is 2.12 bits per heavy atom. The highest BCUT2D eigenvalue weighted by molar-refractivity contribution is 5.58. The van der Waals surface area contributed by atoms with Crippen molar-refractivity contribution in [1.82, 2.24) is 20.3 Å². The van der Waals surface area contributed by atoms with E-state index in [1.807, 2.05) is 0 Å². The van der Waals surface area contributed by atoms with Crippen LogP contribution in [0.5, 0.6) is 0 Å². The topological polar surface area (TPSA) is 42.7 Å². The molecule has 1 saturated heterocycles. The van der Waals surface area contributed by atoms with E-state index in [-0.39, 0.29) is 11.6 Å². The Hall–Kier alpha value is -1.82. The van der Waals surface area contributed by atoms with Gasteiger partial charge in [0.2, 0.25) is 0 Å². The Kier molecular flexibility index (Phi) is 2.36. The maximum atomic E-state index is 13.5. The van der Waals surface area contributed by atoms with Crippen LogP contribution in [-0.4, -0.2) is 28.1 Å². The van der Waals surface area contributed by atoms with E-state index in [4.69, 9.17) is 0 Å². The number of nitrogens with one attached hydrogen (secondary N) is 1. The van der Waals surface area contributed by atoms with Gasteiger partial charge in [-0.2, -0.15) is 0 Å². The molecule has 0 saturated carbocycles. The fraction of sp³-hybridized carbons (Fsp3) is 0.273. The van der Waals surface area contributed by atoms with Crippen molar-refractivity contribution in [3.8, 4) is 11.3 Å². The summed E-state index contributed by atoms with van der Waals surface area (Å²) in [7, 11) is 0. The minimum absolute atomic E-state index is 0.268. The SMILES string of the molecule is Fc1ccc(-c2cn(C3CNC3)nn2)c(F)c1. The highest BCUT2D eigenvalue weighted by atomic mass is 19.1. The summed E-state index contributed by atoms with van der Waals surface area (Å²) in [5.74, 6) is -1.22. The zero-order valence-corrected chi connectivity index (χ0v) is 8.90. The van der Waals surface area contributed by atoms with Crippen LogP contribution in [0.1, 0.15) is 6.04 Å². The van der Waals surface area contributed by atoms with E-state index < -0.39 is 11.6 Å². The summed E-state index contributed by atoms with van der Waals surface area (Å²) >= 11 is 0. The molecule has 3 rings (SSSR count). The molecule has 4 nitrogen and oxygen atoms in total. The predicted molar refractivity (Wildman–Crippen MR) is 57.3 cm³/mol. The van der Waals surface area contributed by atoms with Crippen LogP contribution in [-0.2, 0) is 0 Å². The van der Waals surface area contributed by atoms with Gasteiger partial charge in [-0.25, -0.2) is 13.5 Å². The van der Waals surface area contributed by atoms with Gasteiger partial charge in [0.15, 0.2) is 0 Å². The fourth-order valence-corrected chi connectivity index (χ4v) is 1.74. The quantitative estimate of drug-likeness (QED) is 0.856. The number of hydrogen-bond acceptors (Lipinski definition) is 3. The standard InChI is InChI=1S/C11H10F2N4/c12-7-1-2-9(10(13)3-7)11-6-17(16-15-11)8-4-14-5-8/h1-3,6,8,14H,4-5H2. The fourth-order valence-electron chi connectivity index (χ4n) is 1.74. The van der Waals surface area contributed by atoms with E-state index in [2.05, 4.69) is 15.6 Å². The molecule has 0 radical (unpaired) electrons. The van der Waals surface area contributed by atoms with Crippen LogP contribution in [0, 0.1) is 11.6 Å². The van der Waals surface area contributed by atoms with Crippen molar-refractivity contribution in [2.75, 3.05) is 13.1 Å². The second-order valence-corrected chi connectivity index (χ2v) is 4.02. The molecule has 0 unspecified atom stereocenters. The molecule has 1 N–H and O–H groups in total. The van der Waals surface area contributed by atoms with Crippen molar-refractivity contribution in [2.45, 2.75) is 6.04 Å². The lowest BCUT2D eigenvalue weighted by molar-refractivity contribution is 0.313. The minimum atomic E-state index is -0.621. The third-order valence-electron chi connectivity index (χ3n) is 2.85. The molecule has 17 heavy (non-hydrogen) atoms. The van der Waals surface area contributed by atoms with E-state index in [1.54, 1.807) is 10.9 Å². The Bertz CT molecular complexity index is 548. The summed E-state index contributed by atoms with van der Waals surface area (Å²) in [5, 5.41) is 11.0. The average Bonchev–Trinajstić information content (AvgIpc) is 2.64. The molecule has 0 aliphatic carbocycles. The van der Waals surface area contributed by atoms with Crippen LogP contribution in [0.15, 0.2) is 24.4 Å². The van der Waals surface area contributed by atoms with Crippen LogP contribution >= 0.6 is 0 Å². The zero-order chi connectivity index (χ0) is 11.8. The third kappa shape index (κ3) is 1.80. The molecule has 0 bridgehead atoms. The number of rotatable bonds is 2. The van der Waals surface area contributed by atoms with Gasteiger partial charge in [-0.05, 0) is 12.1 Å². The third-order valence-corrected chi connectivity index (χ3v) is 2.85. The molecule has 6 heteroatoms. The normalized spacial score (nSPS) is 15.9. The lowest BCUT2D eigenvalue weighted by atomic mass is 10.1. The summed E-state index contributed by atoms with van der Waals surface area (Å²) in [5.41, 5.74) is 0.694. The molecule has 1 aliphatic heterocycles. The number of aromatic nitrogens is 3. The van der Waals surface area contributed by atoms with Gasteiger partial charge < -0.3 is 5.32 Å². The minimum Gasteiger partial charge on any atom is -0.312 e. The number of benzene rings is 1. The molecular weight excluding hydrogens is 226 g/mol. The summed E-state index contributed by atoms with van der Waals surface area (Å²) < 4.78 is 28.0. The van der Waals surface area contributed by atoms with Crippen LogP contribution < -0.4 is 5.32 Å². The molecule has 1 aromatic heterocycles. The molecule has 88 valence electrons. The maximum absolute atomic E-state index is 13.5. The van der Waals surface area contributed by atoms with Crippen LogP contribution in [0.2, 0.25) is 0 Å². The first kappa shape index (κ1) is 10.3. The monoisotopic (exact) mass is 236 g/mol. The lowest BCUT2D eigenvalue weighted by Crippen LogP contribution is -2.43. The van der Waals surface area contributed by atoms with Gasteiger partial charge in [0, 0.05) is 24.7 Å². The van der Waals surface area contributed by atoms with Gasteiger partial charge in [0.25, 0.3) is 0 Å². The van der Waals surface area contributed by atoms with Crippen molar-refractivity contribution in [3.05, 3.63) is 36.0 Å². The summed E-state index contributed by atoms with van der Waals surface area (Å²) in [6.07, 6.45) is 1.68. The van der Waals surface area contributed by atoms with Gasteiger partial charge in [0.05, 0.1) is 12.2 Å². The Balaban J connectivity index is 1.94. The van der Waals surface area contributed by atoms with Gasteiger partial charge in [-0.15, -0.1) is 5.10 Å². The van der Waals surface area contributed by atoms with Crippen molar-refractivity contribution >= 4 is 0 Å². The van der Waals surface area contributed by atoms with Crippen LogP contribution in [0.25, 0.3) is 11.3 Å². The second-order valence-electron chi connectivity index (χ2n) is 4.02. The summed E-state index contributed by atoms with van der Waals surface area (Å²) in [4.78, 5) is 0. The first-order valence-electron chi connectivity index (χ1n) is 5.32. The van der Waals surface area contributed by atoms with Crippen molar-refractivity contribution in [1.29, 1.82) is 0 Å². The number of nitrogens with zero attached hydrogens (tertiary/aromatic N) is 3. The van der Waals surface area contributed by atoms with Crippen molar-refractivity contribution in [3.63, 3.8) is 0 Å². The smallest absolute Gasteiger partial charge is 0.135 e. The van der Waals surface area contributed by atoms with E-state index in [0.29, 0.717) is 5.69 Å². The van der Waals surface area contributed by atoms with E-state index in [9.17, 15) is 8.78 Å². The van der Waals surface area contributed by atoms with E-state index >= 15 is 0 Å². The first-order valence-corrected chi connectivity index (χ1v) is 5.32. The van der Waals surface area contributed by atoms with Gasteiger partial charge in [-0.3, -0.25) is 0 Å². The summed E-state index contributed by atoms with van der Waals surface area (Å²) in [6.45, 7) is 1.68. The van der Waals surface area contributed by atoms with Crippen molar-refractivity contribution in [2.24, 2.45) is 0 Å². The highest BCUT2D eigenvalue weighted by Gasteiger charge is 2.20. The van der Waals surface area contributed by atoms with E-state index in [1.165, 1.54) is 12.1 Å². The van der Waals surface area contributed by atoms with Crippen LogP contribution in [0.3, 0.4) is 0 Å². The molecule has 1 aromatic carbocycles. The van der Waals surface area contributed by atoms with E-state index in [0.717, 1.165) is 19.2 Å². The van der Waals surface area contributed by atoms with Gasteiger partial charge in [-0.1, -0.05) is 5.21 Å². The lowest BCUT2D eigenvalue weighted by Gasteiger charge is -2.26. The first-order chi connectivity index (χ1) is 8.24. The molecule has 2 aromatic rings. The molecule has 0 atom stereocenters. The average molecular weight is 236 g/mol. The Morgan fingerprint density at radius 3 is 2.76 bits per heavy atom. The maximum Gasteiger partial charge on any atom is 0.135 e. The largest absolute Gasteiger partial charge is 0.312 e. The molecule has 1 aliphatic rings. The molecular formula is C11H10F2N4. The molecule has 1 fully saturated rings. The number of halogens is 2. The number of hydrogen-bond donors (Lipinski definition) is 1. The Morgan fingerprint density at radius 1 is 1.29 bits per heavy atom. The van der Waals surface area contributed by atoms with Gasteiger partial charge in [0.1, 0.15) is 17.3 Å². The molecule has 0 amide bonds. The second kappa shape index (κ2) is 3.89. The molecule has 2 heterocycles. The van der Waals surface area contributed by atoms with Crippen LogP contribution in [0.4, 0.5) is 8.78 Å².